The molecule has 0 aliphatic heterocycles. The minimum absolute atomic E-state index is 0.256. The first-order chi connectivity index (χ1) is 9.06. The summed E-state index contributed by atoms with van der Waals surface area (Å²) in [6.45, 7) is 0. The highest BCUT2D eigenvalue weighted by Crippen LogP contribution is 2.42. The molecule has 0 aliphatic rings. The summed E-state index contributed by atoms with van der Waals surface area (Å²) >= 11 is 24.3. The molecule has 0 aliphatic carbocycles. The molecule has 96 valence electrons. The first-order valence-electron chi connectivity index (χ1n) is 5.33. The third kappa shape index (κ3) is 2.83. The number of benzene rings is 2. The van der Waals surface area contributed by atoms with Gasteiger partial charge in [0.25, 0.3) is 0 Å². The average molecular weight is 331 g/mol. The van der Waals surface area contributed by atoms with Crippen LogP contribution in [0.25, 0.3) is 0 Å². The van der Waals surface area contributed by atoms with E-state index in [1.54, 1.807) is 0 Å². The van der Waals surface area contributed by atoms with Gasteiger partial charge in [0.2, 0.25) is 0 Å². The molecule has 1 unspecified atom stereocenters. The molecule has 1 atom stereocenters. The summed E-state index contributed by atoms with van der Waals surface area (Å²) in [6.07, 6.45) is 0. The Morgan fingerprint density at radius 1 is 0.895 bits per heavy atom. The van der Waals surface area contributed by atoms with Crippen LogP contribution in [0.15, 0.2) is 36.4 Å². The molecular formula is C14H7Cl4N. The van der Waals surface area contributed by atoms with Crippen molar-refractivity contribution in [2.24, 2.45) is 0 Å². The number of nitriles is 1. The van der Waals surface area contributed by atoms with Crippen LogP contribution in [0, 0.1) is 11.3 Å². The summed E-state index contributed by atoms with van der Waals surface area (Å²) in [4.78, 5) is 0. The molecule has 0 N–H and O–H groups in total. The van der Waals surface area contributed by atoms with Crippen molar-refractivity contribution in [1.82, 2.24) is 0 Å². The van der Waals surface area contributed by atoms with Crippen LogP contribution in [0.3, 0.4) is 0 Å². The lowest BCUT2D eigenvalue weighted by Crippen LogP contribution is -2.01. The Hall–Kier alpha value is -0.910. The molecule has 0 saturated carbocycles. The van der Waals surface area contributed by atoms with Crippen LogP contribution in [-0.2, 0) is 0 Å². The van der Waals surface area contributed by atoms with E-state index < -0.39 is 5.92 Å². The topological polar surface area (TPSA) is 23.8 Å². The number of rotatable bonds is 2. The van der Waals surface area contributed by atoms with Crippen molar-refractivity contribution in [2.75, 3.05) is 0 Å². The molecule has 2 aromatic rings. The standard InChI is InChI=1S/C14H7Cl4N/c15-10-6-11(16)14(18)12(13(10)17)9(7-19)8-4-2-1-3-5-8/h1-6,9H. The fourth-order valence-electron chi connectivity index (χ4n) is 1.80. The first kappa shape index (κ1) is 14.5. The molecule has 0 radical (unpaired) electrons. The Morgan fingerprint density at radius 3 is 1.89 bits per heavy atom. The minimum Gasteiger partial charge on any atom is -0.197 e. The third-order valence-electron chi connectivity index (χ3n) is 2.70. The van der Waals surface area contributed by atoms with Crippen molar-refractivity contribution in [3.05, 3.63) is 67.6 Å². The van der Waals surface area contributed by atoms with Gasteiger partial charge in [-0.25, -0.2) is 0 Å². The van der Waals surface area contributed by atoms with Crippen LogP contribution < -0.4 is 0 Å². The van der Waals surface area contributed by atoms with Gasteiger partial charge in [-0.05, 0) is 11.6 Å². The maximum Gasteiger partial charge on any atom is 0.0992 e. The second kappa shape index (κ2) is 6.03. The highest BCUT2D eigenvalue weighted by Gasteiger charge is 2.23. The third-order valence-corrected chi connectivity index (χ3v) is 4.30. The average Bonchev–Trinajstić information content (AvgIpc) is 2.42. The van der Waals surface area contributed by atoms with E-state index in [9.17, 15) is 5.26 Å². The van der Waals surface area contributed by atoms with E-state index in [0.29, 0.717) is 5.56 Å². The fourth-order valence-corrected chi connectivity index (χ4v) is 2.84. The predicted octanol–water partition coefficient (Wildman–Crippen LogP) is 5.96. The highest BCUT2D eigenvalue weighted by atomic mass is 35.5. The van der Waals surface area contributed by atoms with E-state index in [0.717, 1.165) is 5.56 Å². The van der Waals surface area contributed by atoms with Gasteiger partial charge in [-0.1, -0.05) is 76.7 Å². The zero-order valence-electron chi connectivity index (χ0n) is 9.50. The first-order valence-corrected chi connectivity index (χ1v) is 6.85. The van der Waals surface area contributed by atoms with E-state index >= 15 is 0 Å². The van der Waals surface area contributed by atoms with E-state index in [4.69, 9.17) is 46.4 Å². The zero-order valence-corrected chi connectivity index (χ0v) is 12.5. The molecule has 2 aromatic carbocycles. The smallest absolute Gasteiger partial charge is 0.0992 e. The summed E-state index contributed by atoms with van der Waals surface area (Å²) in [7, 11) is 0. The molecule has 2 rings (SSSR count). The van der Waals surface area contributed by atoms with Crippen molar-refractivity contribution in [3.8, 4) is 6.07 Å². The van der Waals surface area contributed by atoms with E-state index in [1.807, 2.05) is 30.3 Å². The van der Waals surface area contributed by atoms with Gasteiger partial charge in [-0.3, -0.25) is 0 Å². The van der Waals surface area contributed by atoms with Crippen molar-refractivity contribution in [3.63, 3.8) is 0 Å². The van der Waals surface area contributed by atoms with Crippen LogP contribution in [0.4, 0.5) is 0 Å². The lowest BCUT2D eigenvalue weighted by Gasteiger charge is -2.15. The van der Waals surface area contributed by atoms with Crippen molar-refractivity contribution in [2.45, 2.75) is 5.92 Å². The molecule has 0 amide bonds. The molecule has 5 heteroatoms. The Bertz CT molecular complexity index is 620. The maximum absolute atomic E-state index is 9.41. The minimum atomic E-state index is -0.614. The number of hydrogen-bond acceptors (Lipinski definition) is 1. The zero-order chi connectivity index (χ0) is 14.0. The van der Waals surface area contributed by atoms with Gasteiger partial charge in [0.15, 0.2) is 0 Å². The van der Waals surface area contributed by atoms with Crippen LogP contribution in [-0.4, -0.2) is 0 Å². The molecule has 0 heterocycles. The molecule has 0 spiro atoms. The quantitative estimate of drug-likeness (QED) is 0.623. The second-order valence-corrected chi connectivity index (χ2v) is 5.42. The van der Waals surface area contributed by atoms with Crippen LogP contribution in [0.2, 0.25) is 20.1 Å². The van der Waals surface area contributed by atoms with Crippen LogP contribution in [0.1, 0.15) is 17.0 Å². The van der Waals surface area contributed by atoms with Gasteiger partial charge in [0.1, 0.15) is 0 Å². The molecule has 0 fully saturated rings. The Kier molecular flexibility index (Phi) is 4.60. The van der Waals surface area contributed by atoms with Gasteiger partial charge >= 0.3 is 0 Å². The number of nitrogens with zero attached hydrogens (tertiary/aromatic N) is 1. The van der Waals surface area contributed by atoms with E-state index in [-0.39, 0.29) is 20.1 Å². The summed E-state index contributed by atoms with van der Waals surface area (Å²) < 4.78 is 0. The molecule has 0 bridgehead atoms. The van der Waals surface area contributed by atoms with Gasteiger partial charge in [-0.15, -0.1) is 0 Å². The van der Waals surface area contributed by atoms with Crippen molar-refractivity contribution < 1.29 is 0 Å². The summed E-state index contributed by atoms with van der Waals surface area (Å²) in [6, 6.07) is 12.9. The number of hydrogen-bond donors (Lipinski definition) is 0. The Balaban J connectivity index is 2.67. The van der Waals surface area contributed by atoms with Gasteiger partial charge < -0.3 is 0 Å². The molecule has 0 saturated heterocycles. The second-order valence-electron chi connectivity index (χ2n) is 3.85. The van der Waals surface area contributed by atoms with E-state index in [2.05, 4.69) is 6.07 Å². The molecule has 0 aromatic heterocycles. The largest absolute Gasteiger partial charge is 0.197 e. The summed E-state index contributed by atoms with van der Waals surface area (Å²) in [5, 5.41) is 10.5. The van der Waals surface area contributed by atoms with Crippen molar-refractivity contribution in [1.29, 1.82) is 5.26 Å². The van der Waals surface area contributed by atoms with Crippen LogP contribution in [0.5, 0.6) is 0 Å². The SMILES string of the molecule is N#CC(c1ccccc1)c1c(Cl)c(Cl)cc(Cl)c1Cl. The number of halogens is 4. The maximum atomic E-state index is 9.41. The normalized spacial score (nSPS) is 11.9. The van der Waals surface area contributed by atoms with Gasteiger partial charge in [0.05, 0.1) is 32.1 Å². The Labute approximate surface area is 131 Å². The highest BCUT2D eigenvalue weighted by molar-refractivity contribution is 6.48. The molecular weight excluding hydrogens is 324 g/mol. The van der Waals surface area contributed by atoms with Gasteiger partial charge in [0, 0.05) is 5.56 Å². The lowest BCUT2D eigenvalue weighted by molar-refractivity contribution is 1.04. The lowest BCUT2D eigenvalue weighted by atomic mass is 9.92. The Morgan fingerprint density at radius 2 is 1.42 bits per heavy atom. The van der Waals surface area contributed by atoms with E-state index in [1.165, 1.54) is 6.07 Å². The fraction of sp³-hybridized carbons (Fsp3) is 0.0714. The predicted molar refractivity (Wildman–Crippen MR) is 80.4 cm³/mol. The summed E-state index contributed by atoms with van der Waals surface area (Å²) in [5.74, 6) is -0.614. The van der Waals surface area contributed by atoms with Gasteiger partial charge in [-0.2, -0.15) is 5.26 Å². The van der Waals surface area contributed by atoms with Crippen LogP contribution >= 0.6 is 46.4 Å². The summed E-state index contributed by atoms with van der Waals surface area (Å²) in [5.41, 5.74) is 1.22. The molecule has 19 heavy (non-hydrogen) atoms. The monoisotopic (exact) mass is 329 g/mol. The molecule has 1 nitrogen and oxygen atoms in total. The van der Waals surface area contributed by atoms with Crippen molar-refractivity contribution >= 4 is 46.4 Å².